The highest BCUT2D eigenvalue weighted by atomic mass is 16.4. The van der Waals surface area contributed by atoms with Gasteiger partial charge in [-0.3, -0.25) is 14.7 Å². The van der Waals surface area contributed by atoms with Crippen molar-refractivity contribution >= 4 is 11.9 Å². The SMILES string of the molecule is O=C(O)[C@H]1CCCC[C@H]1C(=O)NCCc1ncn[nH]1. The van der Waals surface area contributed by atoms with Gasteiger partial charge >= 0.3 is 5.97 Å². The van der Waals surface area contributed by atoms with E-state index in [-0.39, 0.29) is 5.91 Å². The molecule has 0 saturated heterocycles. The second-order valence-electron chi connectivity index (χ2n) is 4.81. The summed E-state index contributed by atoms with van der Waals surface area (Å²) in [6.07, 6.45) is 5.04. The third-order valence-electron chi connectivity index (χ3n) is 3.55. The van der Waals surface area contributed by atoms with Gasteiger partial charge in [-0.15, -0.1) is 0 Å². The summed E-state index contributed by atoms with van der Waals surface area (Å²) in [5, 5.41) is 18.3. The molecule has 2 atom stereocenters. The summed E-state index contributed by atoms with van der Waals surface area (Å²) in [6.45, 7) is 0.441. The molecule has 0 radical (unpaired) electrons. The van der Waals surface area contributed by atoms with Gasteiger partial charge < -0.3 is 10.4 Å². The van der Waals surface area contributed by atoms with E-state index >= 15 is 0 Å². The Balaban J connectivity index is 1.82. The molecule has 0 aliphatic heterocycles. The molecule has 1 fully saturated rings. The Labute approximate surface area is 110 Å². The quantitative estimate of drug-likeness (QED) is 0.713. The fraction of sp³-hybridized carbons (Fsp3) is 0.667. The largest absolute Gasteiger partial charge is 0.481 e. The summed E-state index contributed by atoms with van der Waals surface area (Å²) >= 11 is 0. The third kappa shape index (κ3) is 3.52. The predicted molar refractivity (Wildman–Crippen MR) is 66.2 cm³/mol. The van der Waals surface area contributed by atoms with Gasteiger partial charge in [0.15, 0.2) is 0 Å². The van der Waals surface area contributed by atoms with Crippen LogP contribution in [0.3, 0.4) is 0 Å². The van der Waals surface area contributed by atoms with E-state index in [9.17, 15) is 9.59 Å². The summed E-state index contributed by atoms with van der Waals surface area (Å²) in [5.74, 6) is -1.26. The molecule has 104 valence electrons. The molecule has 1 aromatic heterocycles. The van der Waals surface area contributed by atoms with Crippen LogP contribution in [0.4, 0.5) is 0 Å². The highest BCUT2D eigenvalue weighted by Crippen LogP contribution is 2.30. The number of nitrogens with one attached hydrogen (secondary N) is 2. The summed E-state index contributed by atoms with van der Waals surface area (Å²) in [6, 6.07) is 0. The fourth-order valence-electron chi connectivity index (χ4n) is 2.53. The topological polar surface area (TPSA) is 108 Å². The highest BCUT2D eigenvalue weighted by Gasteiger charge is 2.35. The number of carboxylic acid groups (broad SMARTS) is 1. The zero-order valence-corrected chi connectivity index (χ0v) is 10.6. The van der Waals surface area contributed by atoms with Crippen molar-refractivity contribution in [1.82, 2.24) is 20.5 Å². The van der Waals surface area contributed by atoms with Crippen LogP contribution in [0.2, 0.25) is 0 Å². The molecule has 7 heteroatoms. The number of amides is 1. The van der Waals surface area contributed by atoms with Gasteiger partial charge in [0, 0.05) is 13.0 Å². The zero-order valence-electron chi connectivity index (χ0n) is 10.6. The Bertz CT molecular complexity index is 432. The average Bonchev–Trinajstić information content (AvgIpc) is 2.91. The van der Waals surface area contributed by atoms with Crippen LogP contribution in [-0.4, -0.2) is 38.7 Å². The molecule has 1 heterocycles. The molecule has 7 nitrogen and oxygen atoms in total. The molecule has 19 heavy (non-hydrogen) atoms. The predicted octanol–water partition coefficient (Wildman–Crippen LogP) is 0.354. The lowest BCUT2D eigenvalue weighted by molar-refractivity contribution is -0.148. The number of carbonyl (C=O) groups excluding carboxylic acids is 1. The van der Waals surface area contributed by atoms with E-state index in [0.717, 1.165) is 12.8 Å². The van der Waals surface area contributed by atoms with Crippen molar-refractivity contribution in [2.75, 3.05) is 6.54 Å². The first-order valence-corrected chi connectivity index (χ1v) is 6.53. The van der Waals surface area contributed by atoms with Crippen LogP contribution in [0.15, 0.2) is 6.33 Å². The first-order chi connectivity index (χ1) is 9.18. The highest BCUT2D eigenvalue weighted by molar-refractivity contribution is 5.84. The Hall–Kier alpha value is -1.92. The van der Waals surface area contributed by atoms with Crippen LogP contribution in [-0.2, 0) is 16.0 Å². The summed E-state index contributed by atoms with van der Waals surface area (Å²) in [7, 11) is 0. The molecule has 1 amide bonds. The lowest BCUT2D eigenvalue weighted by Gasteiger charge is -2.27. The lowest BCUT2D eigenvalue weighted by atomic mass is 9.79. The second-order valence-corrected chi connectivity index (χ2v) is 4.81. The van der Waals surface area contributed by atoms with Crippen LogP contribution < -0.4 is 5.32 Å². The molecule has 1 saturated carbocycles. The number of aromatic nitrogens is 3. The van der Waals surface area contributed by atoms with Crippen molar-refractivity contribution < 1.29 is 14.7 Å². The lowest BCUT2D eigenvalue weighted by Crippen LogP contribution is -2.40. The third-order valence-corrected chi connectivity index (χ3v) is 3.55. The van der Waals surface area contributed by atoms with Crippen LogP contribution in [0.5, 0.6) is 0 Å². The maximum absolute atomic E-state index is 12.0. The first kappa shape index (κ1) is 13.5. The van der Waals surface area contributed by atoms with Crippen molar-refractivity contribution in [3.8, 4) is 0 Å². The minimum absolute atomic E-state index is 0.161. The van der Waals surface area contributed by atoms with E-state index in [4.69, 9.17) is 5.11 Å². The van der Waals surface area contributed by atoms with Gasteiger partial charge in [-0.25, -0.2) is 4.98 Å². The molecule has 2 rings (SSSR count). The average molecular weight is 266 g/mol. The van der Waals surface area contributed by atoms with E-state index in [0.29, 0.717) is 31.6 Å². The molecule has 1 aromatic rings. The van der Waals surface area contributed by atoms with Crippen LogP contribution >= 0.6 is 0 Å². The van der Waals surface area contributed by atoms with Crippen molar-refractivity contribution in [3.05, 3.63) is 12.2 Å². The number of carbonyl (C=O) groups is 2. The van der Waals surface area contributed by atoms with Gasteiger partial charge in [0.25, 0.3) is 0 Å². The van der Waals surface area contributed by atoms with Gasteiger partial charge in [-0.2, -0.15) is 5.10 Å². The van der Waals surface area contributed by atoms with Gasteiger partial charge in [-0.05, 0) is 12.8 Å². The number of carboxylic acids is 1. The Morgan fingerprint density at radius 1 is 1.37 bits per heavy atom. The van der Waals surface area contributed by atoms with Gasteiger partial charge in [0.05, 0.1) is 11.8 Å². The molecule has 0 spiro atoms. The minimum Gasteiger partial charge on any atom is -0.481 e. The molecule has 1 aliphatic carbocycles. The van der Waals surface area contributed by atoms with Gasteiger partial charge in [0.1, 0.15) is 12.2 Å². The van der Waals surface area contributed by atoms with Crippen LogP contribution in [0, 0.1) is 11.8 Å². The van der Waals surface area contributed by atoms with Crippen LogP contribution in [0.1, 0.15) is 31.5 Å². The minimum atomic E-state index is -0.866. The number of rotatable bonds is 5. The Kier molecular flexibility index (Phi) is 4.48. The number of nitrogens with zero attached hydrogens (tertiary/aromatic N) is 2. The standard InChI is InChI=1S/C12H18N4O3/c17-11(13-6-5-10-14-7-15-16-10)8-3-1-2-4-9(8)12(18)19/h7-9H,1-6H2,(H,13,17)(H,18,19)(H,14,15,16)/t8-,9+/m1/s1. The van der Waals surface area contributed by atoms with Crippen molar-refractivity contribution in [3.63, 3.8) is 0 Å². The molecular formula is C12H18N4O3. The van der Waals surface area contributed by atoms with Crippen molar-refractivity contribution in [2.24, 2.45) is 11.8 Å². The molecule has 3 N–H and O–H groups in total. The second kappa shape index (κ2) is 6.31. The number of aliphatic carboxylic acids is 1. The molecular weight excluding hydrogens is 248 g/mol. The summed E-state index contributed by atoms with van der Waals surface area (Å²) in [5.41, 5.74) is 0. The molecule has 0 unspecified atom stereocenters. The van der Waals surface area contributed by atoms with E-state index in [2.05, 4.69) is 20.5 Å². The van der Waals surface area contributed by atoms with E-state index in [1.807, 2.05) is 0 Å². The number of aromatic amines is 1. The van der Waals surface area contributed by atoms with Gasteiger partial charge in [-0.1, -0.05) is 12.8 Å². The smallest absolute Gasteiger partial charge is 0.307 e. The van der Waals surface area contributed by atoms with Crippen molar-refractivity contribution in [1.29, 1.82) is 0 Å². The van der Waals surface area contributed by atoms with E-state index < -0.39 is 17.8 Å². The number of hydrogen-bond donors (Lipinski definition) is 3. The summed E-state index contributed by atoms with van der Waals surface area (Å²) in [4.78, 5) is 27.1. The van der Waals surface area contributed by atoms with E-state index in [1.165, 1.54) is 6.33 Å². The summed E-state index contributed by atoms with van der Waals surface area (Å²) < 4.78 is 0. The zero-order chi connectivity index (χ0) is 13.7. The molecule has 0 aromatic carbocycles. The first-order valence-electron chi connectivity index (χ1n) is 6.53. The van der Waals surface area contributed by atoms with Gasteiger partial charge in [0.2, 0.25) is 5.91 Å². The molecule has 1 aliphatic rings. The Morgan fingerprint density at radius 3 is 2.74 bits per heavy atom. The Morgan fingerprint density at radius 2 is 2.11 bits per heavy atom. The van der Waals surface area contributed by atoms with E-state index in [1.54, 1.807) is 0 Å². The number of H-pyrrole nitrogens is 1. The normalized spacial score (nSPS) is 22.9. The van der Waals surface area contributed by atoms with Crippen molar-refractivity contribution in [2.45, 2.75) is 32.1 Å². The maximum Gasteiger partial charge on any atom is 0.307 e. The maximum atomic E-state index is 12.0. The fourth-order valence-corrected chi connectivity index (χ4v) is 2.53. The number of hydrogen-bond acceptors (Lipinski definition) is 4. The molecule has 0 bridgehead atoms. The van der Waals surface area contributed by atoms with Crippen LogP contribution in [0.25, 0.3) is 0 Å². The monoisotopic (exact) mass is 266 g/mol.